The molecule has 0 atom stereocenters. The monoisotopic (exact) mass is 262 g/mol. The number of alkyl halides is 3. The molecular formula is C13H17F3O2. The summed E-state index contributed by atoms with van der Waals surface area (Å²) < 4.78 is 41.8. The van der Waals surface area contributed by atoms with Gasteiger partial charge in [0.25, 0.3) is 0 Å². The van der Waals surface area contributed by atoms with E-state index in [-0.39, 0.29) is 0 Å². The summed E-state index contributed by atoms with van der Waals surface area (Å²) in [6.07, 6.45) is -0.0376. The second-order valence-corrected chi connectivity index (χ2v) is 6.37. The maximum atomic E-state index is 12.2. The predicted molar refractivity (Wildman–Crippen MR) is 57.7 cm³/mol. The van der Waals surface area contributed by atoms with Gasteiger partial charge in [0.2, 0.25) is 0 Å². The number of hydrogen-bond acceptors (Lipinski definition) is 2. The van der Waals surface area contributed by atoms with Gasteiger partial charge in [0, 0.05) is 0 Å². The fraction of sp³-hybridized carbons (Fsp3) is 0.923. The number of carbonyl (C=O) groups excluding carboxylic acids is 1. The Kier molecular flexibility index (Phi) is 2.65. The van der Waals surface area contributed by atoms with Crippen molar-refractivity contribution in [1.82, 2.24) is 0 Å². The van der Waals surface area contributed by atoms with Gasteiger partial charge in [0.05, 0.1) is 0 Å². The summed E-state index contributed by atoms with van der Waals surface area (Å²) in [5.41, 5.74) is -0.558. The molecule has 102 valence electrons. The average Bonchev–Trinajstić information content (AvgIpc) is 2.09. The van der Waals surface area contributed by atoms with E-state index in [1.165, 1.54) is 19.3 Å². The molecule has 0 aliphatic heterocycles. The summed E-state index contributed by atoms with van der Waals surface area (Å²) in [5, 5.41) is 0. The number of hydrogen-bond donors (Lipinski definition) is 0. The minimum atomic E-state index is -4.46. The smallest absolute Gasteiger partial charge is 0.399 e. The van der Waals surface area contributed by atoms with Crippen molar-refractivity contribution in [3.8, 4) is 0 Å². The number of esters is 1. The summed E-state index contributed by atoms with van der Waals surface area (Å²) in [5.74, 6) is 0.601. The molecule has 2 nitrogen and oxygen atoms in total. The van der Waals surface area contributed by atoms with Crippen LogP contribution in [0.4, 0.5) is 13.2 Å². The molecule has 5 heteroatoms. The minimum absolute atomic E-state index is 0.558. The quantitative estimate of drug-likeness (QED) is 0.712. The van der Waals surface area contributed by atoms with Crippen LogP contribution in [0, 0.1) is 17.8 Å². The van der Waals surface area contributed by atoms with Crippen molar-refractivity contribution in [3.05, 3.63) is 0 Å². The third-order valence-corrected chi connectivity index (χ3v) is 4.66. The van der Waals surface area contributed by atoms with Crippen LogP contribution < -0.4 is 0 Å². The molecule has 0 saturated heterocycles. The van der Waals surface area contributed by atoms with E-state index in [9.17, 15) is 18.0 Å². The largest absolute Gasteiger partial charge is 0.459 e. The minimum Gasteiger partial charge on any atom is -0.459 e. The molecule has 4 saturated carbocycles. The predicted octanol–water partition coefficient (Wildman–Crippen LogP) is 3.45. The fourth-order valence-corrected chi connectivity index (χ4v) is 4.60. The van der Waals surface area contributed by atoms with Gasteiger partial charge in [-0.3, -0.25) is 4.79 Å². The van der Waals surface area contributed by atoms with Crippen LogP contribution in [0.5, 0.6) is 0 Å². The molecule has 4 aliphatic rings. The van der Waals surface area contributed by atoms with E-state index in [4.69, 9.17) is 4.74 Å². The SMILES string of the molecule is O=C(CC(F)(F)F)OC12CC3CC(CC(C3)C1)C2. The van der Waals surface area contributed by atoms with Gasteiger partial charge in [-0.05, 0) is 56.3 Å². The van der Waals surface area contributed by atoms with Crippen molar-refractivity contribution in [2.24, 2.45) is 17.8 Å². The Labute approximate surface area is 104 Å². The van der Waals surface area contributed by atoms with E-state index >= 15 is 0 Å². The van der Waals surface area contributed by atoms with Gasteiger partial charge in [-0.25, -0.2) is 0 Å². The number of ether oxygens (including phenoxy) is 1. The molecule has 4 aliphatic carbocycles. The van der Waals surface area contributed by atoms with Crippen molar-refractivity contribution in [2.75, 3.05) is 0 Å². The molecule has 4 rings (SSSR count). The lowest BCUT2D eigenvalue weighted by atomic mass is 9.54. The van der Waals surface area contributed by atoms with Gasteiger partial charge in [-0.2, -0.15) is 13.2 Å². The first-order chi connectivity index (χ1) is 8.34. The summed E-state index contributed by atoms with van der Waals surface area (Å²) in [6, 6.07) is 0. The molecule has 0 aromatic heterocycles. The van der Waals surface area contributed by atoms with Crippen molar-refractivity contribution in [1.29, 1.82) is 0 Å². The Morgan fingerprint density at radius 1 is 1.06 bits per heavy atom. The van der Waals surface area contributed by atoms with Gasteiger partial charge < -0.3 is 4.74 Å². The number of carbonyl (C=O) groups is 1. The van der Waals surface area contributed by atoms with E-state index in [0.717, 1.165) is 19.3 Å². The molecule has 0 spiro atoms. The van der Waals surface area contributed by atoms with E-state index < -0.39 is 24.2 Å². The average molecular weight is 262 g/mol. The third kappa shape index (κ3) is 2.36. The zero-order chi connectivity index (χ0) is 13.0. The molecule has 4 bridgehead atoms. The first-order valence-corrected chi connectivity index (χ1v) is 6.62. The normalized spacial score (nSPS) is 42.1. The van der Waals surface area contributed by atoms with Crippen LogP contribution in [0.3, 0.4) is 0 Å². The molecule has 0 aromatic rings. The lowest BCUT2D eigenvalue weighted by Crippen LogP contribution is -2.53. The fourth-order valence-electron chi connectivity index (χ4n) is 4.60. The Morgan fingerprint density at radius 2 is 1.50 bits per heavy atom. The molecule has 0 amide bonds. The van der Waals surface area contributed by atoms with E-state index in [1.807, 2.05) is 0 Å². The lowest BCUT2D eigenvalue weighted by Gasteiger charge is -2.55. The van der Waals surface area contributed by atoms with Gasteiger partial charge >= 0.3 is 12.1 Å². The Balaban J connectivity index is 1.67. The molecule has 0 radical (unpaired) electrons. The maximum absolute atomic E-state index is 12.2. The zero-order valence-corrected chi connectivity index (χ0v) is 10.1. The second-order valence-electron chi connectivity index (χ2n) is 6.37. The topological polar surface area (TPSA) is 26.3 Å². The molecule has 4 fully saturated rings. The summed E-state index contributed by atoms with van der Waals surface area (Å²) in [7, 11) is 0. The molecular weight excluding hydrogens is 245 g/mol. The summed E-state index contributed by atoms with van der Waals surface area (Å²) >= 11 is 0. The Bertz CT molecular complexity index is 326. The second kappa shape index (κ2) is 3.87. The first kappa shape index (κ1) is 12.3. The van der Waals surface area contributed by atoms with E-state index in [2.05, 4.69) is 0 Å². The zero-order valence-electron chi connectivity index (χ0n) is 10.1. The molecule has 0 unspecified atom stereocenters. The van der Waals surface area contributed by atoms with Crippen LogP contribution in [0.1, 0.15) is 44.9 Å². The van der Waals surface area contributed by atoms with Crippen molar-refractivity contribution in [2.45, 2.75) is 56.7 Å². The highest BCUT2D eigenvalue weighted by molar-refractivity contribution is 5.70. The van der Waals surface area contributed by atoms with Gasteiger partial charge in [-0.15, -0.1) is 0 Å². The van der Waals surface area contributed by atoms with Crippen molar-refractivity contribution < 1.29 is 22.7 Å². The van der Waals surface area contributed by atoms with Gasteiger partial charge in [0.15, 0.2) is 0 Å². The van der Waals surface area contributed by atoms with Crippen LogP contribution in [0.15, 0.2) is 0 Å². The highest BCUT2D eigenvalue weighted by Crippen LogP contribution is 2.57. The summed E-state index contributed by atoms with van der Waals surface area (Å²) in [6.45, 7) is 0. The Morgan fingerprint density at radius 3 is 1.89 bits per heavy atom. The third-order valence-electron chi connectivity index (χ3n) is 4.66. The standard InChI is InChI=1S/C13H17F3O2/c14-13(15,16)7-11(17)18-12-4-8-1-9(5-12)3-10(2-8)6-12/h8-10H,1-7H2. The lowest BCUT2D eigenvalue weighted by molar-refractivity contribution is -0.202. The van der Waals surface area contributed by atoms with Crippen molar-refractivity contribution >= 4 is 5.97 Å². The Hall–Kier alpha value is -0.740. The highest BCUT2D eigenvalue weighted by Gasteiger charge is 2.53. The highest BCUT2D eigenvalue weighted by atomic mass is 19.4. The number of rotatable bonds is 2. The molecule has 18 heavy (non-hydrogen) atoms. The van der Waals surface area contributed by atoms with Gasteiger partial charge in [0.1, 0.15) is 12.0 Å². The van der Waals surface area contributed by atoms with Crippen LogP contribution in [0.2, 0.25) is 0 Å². The molecule has 0 N–H and O–H groups in total. The van der Waals surface area contributed by atoms with Gasteiger partial charge in [-0.1, -0.05) is 0 Å². The molecule has 0 aromatic carbocycles. The van der Waals surface area contributed by atoms with E-state index in [0.29, 0.717) is 17.8 Å². The van der Waals surface area contributed by atoms with Crippen LogP contribution in [-0.4, -0.2) is 17.7 Å². The van der Waals surface area contributed by atoms with E-state index in [1.54, 1.807) is 0 Å². The van der Waals surface area contributed by atoms with Crippen molar-refractivity contribution in [3.63, 3.8) is 0 Å². The van der Waals surface area contributed by atoms with Crippen LogP contribution in [-0.2, 0) is 9.53 Å². The molecule has 0 heterocycles. The maximum Gasteiger partial charge on any atom is 0.399 e. The first-order valence-electron chi connectivity index (χ1n) is 6.62. The summed E-state index contributed by atoms with van der Waals surface area (Å²) in [4.78, 5) is 11.4. The van der Waals surface area contributed by atoms with Crippen LogP contribution >= 0.6 is 0 Å². The number of halogens is 3. The van der Waals surface area contributed by atoms with Crippen LogP contribution in [0.25, 0.3) is 0 Å².